The lowest BCUT2D eigenvalue weighted by molar-refractivity contribution is 0.318. The summed E-state index contributed by atoms with van der Waals surface area (Å²) in [5, 5.41) is 3.58. The number of rotatable bonds is 7. The molecule has 21 heavy (non-hydrogen) atoms. The second-order valence-corrected chi connectivity index (χ2v) is 7.21. The Labute approximate surface area is 133 Å². The molecule has 1 fully saturated rings. The van der Waals surface area contributed by atoms with Gasteiger partial charge in [-0.2, -0.15) is 11.8 Å². The van der Waals surface area contributed by atoms with Crippen molar-refractivity contribution in [3.05, 3.63) is 18.2 Å². The molecule has 0 bridgehead atoms. The smallest absolute Gasteiger partial charge is 0.123 e. The van der Waals surface area contributed by atoms with Crippen LogP contribution in [-0.4, -0.2) is 24.2 Å². The maximum Gasteiger partial charge on any atom is 0.123 e. The van der Waals surface area contributed by atoms with Gasteiger partial charge in [0.15, 0.2) is 0 Å². The highest BCUT2D eigenvalue weighted by Crippen LogP contribution is 2.38. The average molecular weight is 308 g/mol. The first-order valence-electron chi connectivity index (χ1n) is 8.00. The number of hydrogen-bond acceptors (Lipinski definition) is 4. The summed E-state index contributed by atoms with van der Waals surface area (Å²) in [6.45, 7) is 3.85. The van der Waals surface area contributed by atoms with Crippen molar-refractivity contribution in [2.45, 2.75) is 50.2 Å². The Hall–Kier alpha value is -1.03. The third kappa shape index (κ3) is 4.73. The van der Waals surface area contributed by atoms with E-state index < -0.39 is 0 Å². The molecule has 0 amide bonds. The van der Waals surface area contributed by atoms with Crippen LogP contribution in [0, 0.1) is 0 Å². The molecule has 1 aromatic rings. The van der Waals surface area contributed by atoms with Crippen LogP contribution >= 0.6 is 11.8 Å². The molecule has 0 saturated heterocycles. The summed E-state index contributed by atoms with van der Waals surface area (Å²) in [5.41, 5.74) is 7.81. The largest absolute Gasteiger partial charge is 0.493 e. The number of nitrogens with one attached hydrogen (secondary N) is 1. The topological polar surface area (TPSA) is 47.3 Å². The van der Waals surface area contributed by atoms with E-state index in [-0.39, 0.29) is 0 Å². The van der Waals surface area contributed by atoms with Gasteiger partial charge in [0.1, 0.15) is 5.75 Å². The van der Waals surface area contributed by atoms with Gasteiger partial charge in [-0.05, 0) is 31.6 Å². The van der Waals surface area contributed by atoms with Gasteiger partial charge in [0.05, 0.1) is 6.61 Å². The van der Waals surface area contributed by atoms with Crippen LogP contribution in [-0.2, 0) is 0 Å². The number of thioether (sulfide) groups is 1. The van der Waals surface area contributed by atoms with Gasteiger partial charge in [0, 0.05) is 34.8 Å². The van der Waals surface area contributed by atoms with Gasteiger partial charge in [-0.3, -0.25) is 0 Å². The lowest BCUT2D eigenvalue weighted by atomic mass is 9.88. The molecule has 1 aromatic carbocycles. The second-order valence-electron chi connectivity index (χ2n) is 5.94. The number of nitrogens with two attached hydrogens (primary N) is 1. The van der Waals surface area contributed by atoms with E-state index in [1.54, 1.807) is 0 Å². The maximum atomic E-state index is 5.98. The van der Waals surface area contributed by atoms with E-state index >= 15 is 0 Å². The van der Waals surface area contributed by atoms with Gasteiger partial charge in [-0.1, -0.05) is 26.2 Å². The standard InChI is InChI=1S/C17H28N2OS/c1-3-9-20-16-11-14(18)10-15(12-16)19-13-17(21-2)7-5-4-6-8-17/h10-12,19H,3-9,13,18H2,1-2H3. The molecule has 0 spiro atoms. The van der Waals surface area contributed by atoms with E-state index in [1.807, 2.05) is 23.9 Å². The molecular weight excluding hydrogens is 280 g/mol. The van der Waals surface area contributed by atoms with Crippen molar-refractivity contribution in [1.29, 1.82) is 0 Å². The van der Waals surface area contributed by atoms with Gasteiger partial charge < -0.3 is 15.8 Å². The summed E-state index contributed by atoms with van der Waals surface area (Å²) >= 11 is 2.01. The second kappa shape index (κ2) is 7.83. The van der Waals surface area contributed by atoms with Crippen molar-refractivity contribution in [2.75, 3.05) is 30.5 Å². The summed E-state index contributed by atoms with van der Waals surface area (Å²) in [7, 11) is 0. The van der Waals surface area contributed by atoms with Crippen LogP contribution in [0.5, 0.6) is 5.75 Å². The van der Waals surface area contributed by atoms with Gasteiger partial charge in [0.25, 0.3) is 0 Å². The SMILES string of the molecule is CCCOc1cc(N)cc(NCC2(SC)CCCCC2)c1. The van der Waals surface area contributed by atoms with Crippen molar-refractivity contribution in [3.8, 4) is 5.75 Å². The molecule has 118 valence electrons. The number of nitrogen functional groups attached to an aromatic ring is 1. The summed E-state index contributed by atoms with van der Waals surface area (Å²) in [6.07, 6.45) is 9.95. The molecule has 0 unspecified atom stereocenters. The molecule has 0 aliphatic heterocycles. The lowest BCUT2D eigenvalue weighted by Crippen LogP contribution is -2.35. The Balaban J connectivity index is 1.99. The molecule has 1 aliphatic rings. The van der Waals surface area contributed by atoms with Crippen LogP contribution in [0.15, 0.2) is 18.2 Å². The normalized spacial score (nSPS) is 17.4. The zero-order chi connectivity index (χ0) is 15.1. The fourth-order valence-electron chi connectivity index (χ4n) is 2.94. The van der Waals surface area contributed by atoms with Crippen molar-refractivity contribution in [2.24, 2.45) is 0 Å². The summed E-state index contributed by atoms with van der Waals surface area (Å²) in [4.78, 5) is 0. The number of anilines is 2. The Kier molecular flexibility index (Phi) is 6.09. The van der Waals surface area contributed by atoms with Gasteiger partial charge in [-0.15, -0.1) is 0 Å². The van der Waals surface area contributed by atoms with Crippen molar-refractivity contribution in [1.82, 2.24) is 0 Å². The molecule has 0 heterocycles. The van der Waals surface area contributed by atoms with Crippen LogP contribution in [0.4, 0.5) is 11.4 Å². The summed E-state index contributed by atoms with van der Waals surface area (Å²) in [6, 6.07) is 5.95. The first-order chi connectivity index (χ1) is 10.2. The number of hydrogen-bond donors (Lipinski definition) is 2. The van der Waals surface area contributed by atoms with Crippen LogP contribution in [0.2, 0.25) is 0 Å². The molecule has 3 nitrogen and oxygen atoms in total. The lowest BCUT2D eigenvalue weighted by Gasteiger charge is -2.36. The van der Waals surface area contributed by atoms with Crippen LogP contribution in [0.25, 0.3) is 0 Å². The van der Waals surface area contributed by atoms with Crippen LogP contribution in [0.1, 0.15) is 45.4 Å². The van der Waals surface area contributed by atoms with Crippen molar-refractivity contribution >= 4 is 23.1 Å². The van der Waals surface area contributed by atoms with Crippen molar-refractivity contribution < 1.29 is 4.74 Å². The van der Waals surface area contributed by atoms with Gasteiger partial charge in [0.2, 0.25) is 0 Å². The Bertz CT molecular complexity index is 444. The van der Waals surface area contributed by atoms with Gasteiger partial charge >= 0.3 is 0 Å². The van der Waals surface area contributed by atoms with Gasteiger partial charge in [-0.25, -0.2) is 0 Å². The fourth-order valence-corrected chi connectivity index (χ4v) is 3.85. The Morgan fingerprint density at radius 3 is 2.67 bits per heavy atom. The minimum atomic E-state index is 0.382. The highest BCUT2D eigenvalue weighted by molar-refractivity contribution is 8.00. The minimum Gasteiger partial charge on any atom is -0.493 e. The molecule has 1 aliphatic carbocycles. The molecule has 1 saturated carbocycles. The van der Waals surface area contributed by atoms with Crippen LogP contribution in [0.3, 0.4) is 0 Å². The van der Waals surface area contributed by atoms with E-state index in [4.69, 9.17) is 10.5 Å². The highest BCUT2D eigenvalue weighted by Gasteiger charge is 2.30. The van der Waals surface area contributed by atoms with E-state index in [9.17, 15) is 0 Å². The summed E-state index contributed by atoms with van der Waals surface area (Å²) in [5.74, 6) is 0.862. The minimum absolute atomic E-state index is 0.382. The van der Waals surface area contributed by atoms with E-state index in [2.05, 4.69) is 24.6 Å². The zero-order valence-corrected chi connectivity index (χ0v) is 14.1. The highest BCUT2D eigenvalue weighted by atomic mass is 32.2. The predicted octanol–water partition coefficient (Wildman–Crippen LogP) is 4.54. The average Bonchev–Trinajstić information content (AvgIpc) is 2.51. The predicted molar refractivity (Wildman–Crippen MR) is 94.5 cm³/mol. The monoisotopic (exact) mass is 308 g/mol. The number of benzene rings is 1. The van der Waals surface area contributed by atoms with E-state index in [0.717, 1.165) is 36.7 Å². The van der Waals surface area contributed by atoms with E-state index in [1.165, 1.54) is 32.1 Å². The fraction of sp³-hybridized carbons (Fsp3) is 0.647. The first kappa shape index (κ1) is 16.3. The third-order valence-corrected chi connectivity index (χ3v) is 5.63. The van der Waals surface area contributed by atoms with E-state index in [0.29, 0.717) is 4.75 Å². The molecule has 0 atom stereocenters. The molecule has 0 radical (unpaired) electrons. The molecular formula is C17H28N2OS. The molecule has 4 heteroatoms. The van der Waals surface area contributed by atoms with Crippen molar-refractivity contribution in [3.63, 3.8) is 0 Å². The first-order valence-corrected chi connectivity index (χ1v) is 9.22. The third-order valence-electron chi connectivity index (χ3n) is 4.21. The number of ether oxygens (including phenoxy) is 1. The molecule has 3 N–H and O–H groups in total. The zero-order valence-electron chi connectivity index (χ0n) is 13.3. The summed E-state index contributed by atoms with van der Waals surface area (Å²) < 4.78 is 6.08. The molecule has 0 aromatic heterocycles. The van der Waals surface area contributed by atoms with Crippen LogP contribution < -0.4 is 15.8 Å². The quantitative estimate of drug-likeness (QED) is 0.726. The maximum absolute atomic E-state index is 5.98. The Morgan fingerprint density at radius 2 is 2.00 bits per heavy atom. The molecule has 2 rings (SSSR count). The Morgan fingerprint density at radius 1 is 1.24 bits per heavy atom.